The Labute approximate surface area is 160 Å². The maximum atomic E-state index is 12.3. The van der Waals surface area contributed by atoms with E-state index in [1.54, 1.807) is 18.2 Å². The van der Waals surface area contributed by atoms with Crippen LogP contribution >= 0.6 is 11.3 Å². The number of sulfonamides is 1. The highest BCUT2D eigenvalue weighted by molar-refractivity contribution is 7.92. The number of thiophene rings is 1. The van der Waals surface area contributed by atoms with Crippen LogP contribution in [0.3, 0.4) is 0 Å². The number of nitrogens with zero attached hydrogens (tertiary/aromatic N) is 2. The van der Waals surface area contributed by atoms with Gasteiger partial charge in [0.15, 0.2) is 0 Å². The van der Waals surface area contributed by atoms with Crippen LogP contribution < -0.4 is 4.31 Å². The highest BCUT2D eigenvalue weighted by Gasteiger charge is 2.27. The van der Waals surface area contributed by atoms with Crippen LogP contribution in [0, 0.1) is 0 Å². The molecule has 140 valence electrons. The number of aromatic nitrogens is 1. The van der Waals surface area contributed by atoms with Gasteiger partial charge in [-0.3, -0.25) is 4.31 Å². The van der Waals surface area contributed by atoms with Gasteiger partial charge in [-0.1, -0.05) is 6.07 Å². The van der Waals surface area contributed by atoms with Crippen LogP contribution in [0.2, 0.25) is 0 Å². The van der Waals surface area contributed by atoms with Crippen LogP contribution in [0.4, 0.5) is 5.69 Å². The summed E-state index contributed by atoms with van der Waals surface area (Å²) in [5, 5.41) is 1.93. The third-order valence-electron chi connectivity index (χ3n) is 4.20. The summed E-state index contributed by atoms with van der Waals surface area (Å²) in [6, 6.07) is 8.71. The number of fused-ring (bicyclic) bond motifs is 1. The number of rotatable bonds is 5. The second kappa shape index (κ2) is 6.82. The molecule has 3 heterocycles. The molecule has 0 saturated heterocycles. The summed E-state index contributed by atoms with van der Waals surface area (Å²) in [6.45, 7) is 0.386. The van der Waals surface area contributed by atoms with Gasteiger partial charge in [0.2, 0.25) is 15.9 Å². The number of oxazole rings is 1. The lowest BCUT2D eigenvalue weighted by molar-refractivity contribution is 0.0467. The van der Waals surface area contributed by atoms with Gasteiger partial charge in [0.05, 0.1) is 22.4 Å². The molecule has 1 aromatic carbocycles. The molecule has 1 aliphatic heterocycles. The predicted octanol–water partition coefficient (Wildman–Crippen LogP) is 3.08. The van der Waals surface area contributed by atoms with Gasteiger partial charge >= 0.3 is 5.97 Å². The number of carbonyl (C=O) groups is 1. The van der Waals surface area contributed by atoms with Crippen molar-refractivity contribution >= 4 is 33.0 Å². The smallest absolute Gasteiger partial charge is 0.338 e. The summed E-state index contributed by atoms with van der Waals surface area (Å²) in [4.78, 5) is 17.5. The molecule has 0 aliphatic carbocycles. The predicted molar refractivity (Wildman–Crippen MR) is 101 cm³/mol. The number of hydrogen-bond donors (Lipinski definition) is 0. The van der Waals surface area contributed by atoms with Crippen LogP contribution in [0.15, 0.2) is 46.4 Å². The standard InChI is InChI=1S/C18H16N2O5S2/c1-27(22,23)20-7-6-12-9-13(4-5-15(12)20)18(21)25-11-14-10-24-17(19-14)16-3-2-8-26-16/h2-5,8-10H,6-7,11H2,1H3. The summed E-state index contributed by atoms with van der Waals surface area (Å²) in [5.41, 5.74) is 2.34. The topological polar surface area (TPSA) is 89.7 Å². The third-order valence-corrected chi connectivity index (χ3v) is 6.24. The van der Waals surface area contributed by atoms with E-state index < -0.39 is 16.0 Å². The first-order chi connectivity index (χ1) is 12.9. The molecule has 7 nitrogen and oxygen atoms in total. The first-order valence-corrected chi connectivity index (χ1v) is 10.9. The molecule has 0 unspecified atom stereocenters. The Morgan fingerprint density at radius 3 is 2.96 bits per heavy atom. The molecule has 0 amide bonds. The maximum Gasteiger partial charge on any atom is 0.338 e. The minimum absolute atomic E-state index is 0.000256. The minimum atomic E-state index is -3.31. The van der Waals surface area contributed by atoms with Crippen molar-refractivity contribution in [3.63, 3.8) is 0 Å². The van der Waals surface area contributed by atoms with E-state index >= 15 is 0 Å². The van der Waals surface area contributed by atoms with Crippen molar-refractivity contribution < 1.29 is 22.4 Å². The summed E-state index contributed by atoms with van der Waals surface area (Å²) >= 11 is 1.51. The molecule has 0 spiro atoms. The van der Waals surface area contributed by atoms with Gasteiger partial charge in [-0.05, 0) is 41.6 Å². The first kappa shape index (κ1) is 17.7. The quantitative estimate of drug-likeness (QED) is 0.607. The lowest BCUT2D eigenvalue weighted by atomic mass is 10.1. The average Bonchev–Trinajstić information content (AvgIpc) is 3.37. The van der Waals surface area contributed by atoms with E-state index in [0.717, 1.165) is 10.4 Å². The second-order valence-corrected chi connectivity index (χ2v) is 8.98. The monoisotopic (exact) mass is 404 g/mol. The van der Waals surface area contributed by atoms with Gasteiger partial charge in [-0.2, -0.15) is 0 Å². The summed E-state index contributed by atoms with van der Waals surface area (Å²) in [7, 11) is -3.31. The van der Waals surface area contributed by atoms with Crippen LogP contribution in [0.1, 0.15) is 21.6 Å². The van der Waals surface area contributed by atoms with Crippen LogP contribution in [0.25, 0.3) is 10.8 Å². The van der Waals surface area contributed by atoms with E-state index in [9.17, 15) is 13.2 Å². The number of anilines is 1. The molecular formula is C18H16N2O5S2. The number of esters is 1. The van der Waals surface area contributed by atoms with E-state index in [0.29, 0.717) is 35.8 Å². The molecule has 0 atom stereocenters. The van der Waals surface area contributed by atoms with Gasteiger partial charge < -0.3 is 9.15 Å². The zero-order valence-corrected chi connectivity index (χ0v) is 16.0. The Morgan fingerprint density at radius 2 is 2.22 bits per heavy atom. The number of carbonyl (C=O) groups excluding carboxylic acids is 1. The summed E-state index contributed by atoms with van der Waals surface area (Å²) < 4.78 is 35.6. The summed E-state index contributed by atoms with van der Waals surface area (Å²) in [6.07, 6.45) is 3.21. The van der Waals surface area contributed by atoms with Crippen LogP contribution in [-0.2, 0) is 27.8 Å². The van der Waals surface area contributed by atoms with E-state index in [1.165, 1.54) is 28.2 Å². The van der Waals surface area contributed by atoms with Crippen molar-refractivity contribution in [1.29, 1.82) is 0 Å². The highest BCUT2D eigenvalue weighted by atomic mass is 32.2. The zero-order valence-electron chi connectivity index (χ0n) is 14.4. The number of hydrogen-bond acceptors (Lipinski definition) is 7. The molecule has 0 radical (unpaired) electrons. The fourth-order valence-corrected chi connectivity index (χ4v) is 4.57. The van der Waals surface area contributed by atoms with Crippen molar-refractivity contribution in [2.45, 2.75) is 13.0 Å². The Kier molecular flexibility index (Phi) is 4.48. The van der Waals surface area contributed by atoms with Crippen LogP contribution in [0.5, 0.6) is 0 Å². The fraction of sp³-hybridized carbons (Fsp3) is 0.222. The van der Waals surface area contributed by atoms with Crippen molar-refractivity contribution in [3.8, 4) is 10.8 Å². The first-order valence-electron chi connectivity index (χ1n) is 8.18. The molecule has 4 rings (SSSR count). The Morgan fingerprint density at radius 1 is 1.37 bits per heavy atom. The van der Waals surface area contributed by atoms with Gasteiger partial charge in [0.25, 0.3) is 0 Å². The Hall–Kier alpha value is -2.65. The number of ether oxygens (including phenoxy) is 1. The minimum Gasteiger partial charge on any atom is -0.455 e. The lowest BCUT2D eigenvalue weighted by Gasteiger charge is -2.16. The van der Waals surface area contributed by atoms with E-state index in [-0.39, 0.29) is 6.61 Å². The molecule has 9 heteroatoms. The van der Waals surface area contributed by atoms with Gasteiger partial charge in [-0.15, -0.1) is 11.3 Å². The van der Waals surface area contributed by atoms with Crippen molar-refractivity contribution in [1.82, 2.24) is 4.98 Å². The molecule has 0 bridgehead atoms. The normalized spacial score (nSPS) is 13.6. The Bertz CT molecular complexity index is 1090. The van der Waals surface area contributed by atoms with Gasteiger partial charge in [0.1, 0.15) is 18.6 Å². The molecule has 0 fully saturated rings. The largest absolute Gasteiger partial charge is 0.455 e. The molecular weight excluding hydrogens is 388 g/mol. The van der Waals surface area contributed by atoms with Crippen molar-refractivity contribution in [2.75, 3.05) is 17.1 Å². The molecule has 3 aromatic rings. The average molecular weight is 404 g/mol. The van der Waals surface area contributed by atoms with Gasteiger partial charge in [-0.25, -0.2) is 18.2 Å². The molecule has 0 N–H and O–H groups in total. The maximum absolute atomic E-state index is 12.3. The molecule has 0 saturated carbocycles. The fourth-order valence-electron chi connectivity index (χ4n) is 2.95. The molecule has 27 heavy (non-hydrogen) atoms. The van der Waals surface area contributed by atoms with E-state index in [2.05, 4.69) is 4.98 Å². The lowest BCUT2D eigenvalue weighted by Crippen LogP contribution is -2.27. The number of benzene rings is 1. The van der Waals surface area contributed by atoms with Crippen molar-refractivity contribution in [3.05, 3.63) is 58.8 Å². The zero-order chi connectivity index (χ0) is 19.0. The van der Waals surface area contributed by atoms with Gasteiger partial charge in [0, 0.05) is 6.54 Å². The Balaban J connectivity index is 1.44. The molecule has 2 aromatic heterocycles. The third kappa shape index (κ3) is 3.60. The van der Waals surface area contributed by atoms with Crippen molar-refractivity contribution in [2.24, 2.45) is 0 Å². The summed E-state index contributed by atoms with van der Waals surface area (Å²) in [5.74, 6) is 0.00530. The highest BCUT2D eigenvalue weighted by Crippen LogP contribution is 2.31. The second-order valence-electron chi connectivity index (χ2n) is 6.13. The molecule has 1 aliphatic rings. The van der Waals surface area contributed by atoms with E-state index in [4.69, 9.17) is 9.15 Å². The SMILES string of the molecule is CS(=O)(=O)N1CCc2cc(C(=O)OCc3coc(-c4cccs4)n3)ccc21. The van der Waals surface area contributed by atoms with Crippen LogP contribution in [-0.4, -0.2) is 32.2 Å². The van der Waals surface area contributed by atoms with E-state index in [1.807, 2.05) is 17.5 Å².